The summed E-state index contributed by atoms with van der Waals surface area (Å²) in [6.45, 7) is 3.26. The first-order valence-corrected chi connectivity index (χ1v) is 11.6. The van der Waals surface area contributed by atoms with Gasteiger partial charge in [-0.3, -0.25) is 0 Å². The molecule has 0 atom stereocenters. The van der Waals surface area contributed by atoms with Crippen LogP contribution in [0.15, 0.2) is 66.9 Å². The molecular weight excluding hydrogens is 546 g/mol. The topological polar surface area (TPSA) is 82.8 Å². The molecule has 0 bridgehead atoms. The minimum atomic E-state index is -4.90. The van der Waals surface area contributed by atoms with Crippen molar-refractivity contribution < 1.29 is 50.5 Å². The molecule has 0 radical (unpaired) electrons. The Bertz CT molecular complexity index is 1510. The summed E-state index contributed by atoms with van der Waals surface area (Å²) in [6, 6.07) is 11.8. The maximum atomic E-state index is 13.6. The molecule has 0 spiro atoms. The Hall–Kier alpha value is -4.68. The van der Waals surface area contributed by atoms with E-state index in [9.17, 15) is 31.1 Å². The molecule has 13 heteroatoms. The van der Waals surface area contributed by atoms with Gasteiger partial charge in [0, 0.05) is 6.20 Å². The summed E-state index contributed by atoms with van der Waals surface area (Å²) in [4.78, 5) is 11.2. The average molecular weight is 566 g/mol. The minimum Gasteiger partial charge on any atom is -0.491 e. The third-order valence-electron chi connectivity index (χ3n) is 5.51. The van der Waals surface area contributed by atoms with Gasteiger partial charge in [-0.15, -0.1) is 18.3 Å². The van der Waals surface area contributed by atoms with Crippen molar-refractivity contribution in [2.75, 3.05) is 6.61 Å². The number of nitrogens with zero attached hydrogens (tertiary/aromatic N) is 2. The van der Waals surface area contributed by atoms with Gasteiger partial charge in [-0.05, 0) is 73.5 Å². The zero-order valence-electron chi connectivity index (χ0n) is 20.8. The zero-order valence-corrected chi connectivity index (χ0v) is 20.8. The normalized spacial score (nSPS) is 11.8. The number of carbonyl (C=O) groups is 1. The summed E-state index contributed by atoms with van der Waals surface area (Å²) in [5.41, 5.74) is -0.300. The van der Waals surface area contributed by atoms with E-state index in [1.807, 2.05) is 0 Å². The first kappa shape index (κ1) is 28.3. The van der Waals surface area contributed by atoms with Crippen molar-refractivity contribution >= 4 is 5.97 Å². The fraction of sp³-hybridized carbons (Fsp3) is 0.185. The van der Waals surface area contributed by atoms with Crippen LogP contribution in [0.25, 0.3) is 16.8 Å². The Kier molecular flexibility index (Phi) is 7.67. The summed E-state index contributed by atoms with van der Waals surface area (Å²) in [5, 5.41) is 13.4. The molecule has 0 aliphatic carbocycles. The molecule has 0 aliphatic rings. The van der Waals surface area contributed by atoms with Crippen LogP contribution in [0.2, 0.25) is 0 Å². The second kappa shape index (κ2) is 10.8. The third kappa shape index (κ3) is 6.47. The minimum absolute atomic E-state index is 0.0147. The number of aromatic carboxylic acids is 1. The van der Waals surface area contributed by atoms with E-state index in [1.54, 1.807) is 6.92 Å². The Morgan fingerprint density at radius 2 is 1.57 bits per heavy atom. The van der Waals surface area contributed by atoms with E-state index >= 15 is 0 Å². The van der Waals surface area contributed by atoms with Gasteiger partial charge in [-0.1, -0.05) is 12.1 Å². The highest BCUT2D eigenvalue weighted by Gasteiger charge is 2.33. The van der Waals surface area contributed by atoms with Crippen LogP contribution in [-0.4, -0.2) is 33.8 Å². The SMILES string of the molecule is CCOc1c(C)cc(C(F)(F)F)cc1-n1cc(-c2ccc(OC(F)(F)F)cc2)c(Oc2ccc(C(=O)O)cc2)n1. The number of rotatable bonds is 8. The van der Waals surface area contributed by atoms with Gasteiger partial charge < -0.3 is 19.3 Å². The summed E-state index contributed by atoms with van der Waals surface area (Å²) in [6.07, 6.45) is -8.22. The van der Waals surface area contributed by atoms with Crippen molar-refractivity contribution in [1.82, 2.24) is 9.78 Å². The van der Waals surface area contributed by atoms with Crippen LogP contribution in [0.4, 0.5) is 26.3 Å². The second-order valence-corrected chi connectivity index (χ2v) is 8.37. The molecule has 4 rings (SSSR count). The van der Waals surface area contributed by atoms with Crippen LogP contribution in [0.1, 0.15) is 28.4 Å². The maximum absolute atomic E-state index is 13.6. The number of aryl methyl sites for hydroxylation is 1. The van der Waals surface area contributed by atoms with E-state index in [2.05, 4.69) is 9.84 Å². The Labute approximate surface area is 223 Å². The monoisotopic (exact) mass is 566 g/mol. The standard InChI is InChI=1S/C27H20F6N2O5/c1-3-38-23-15(2)12-18(26(28,29)30)13-22(23)35-14-21(16-4-10-20(11-5-16)40-27(31,32)33)24(34-35)39-19-8-6-17(7-9-19)25(36)37/h4-14H,3H2,1-2H3,(H,36,37). The number of halogens is 6. The summed E-state index contributed by atoms with van der Waals surface area (Å²) in [5.74, 6) is -1.48. The maximum Gasteiger partial charge on any atom is 0.573 e. The molecule has 3 aromatic carbocycles. The number of aromatic nitrogens is 2. The summed E-state index contributed by atoms with van der Waals surface area (Å²) >= 11 is 0. The van der Waals surface area contributed by atoms with Gasteiger partial charge in [0.2, 0.25) is 5.88 Å². The highest BCUT2D eigenvalue weighted by Crippen LogP contribution is 2.40. The van der Waals surface area contributed by atoms with E-state index in [0.717, 1.165) is 28.9 Å². The fourth-order valence-electron chi connectivity index (χ4n) is 3.79. The van der Waals surface area contributed by atoms with Crippen LogP contribution >= 0.6 is 0 Å². The van der Waals surface area contributed by atoms with E-state index in [4.69, 9.17) is 14.6 Å². The molecular formula is C27H20F6N2O5. The molecule has 4 aromatic rings. The zero-order chi connectivity index (χ0) is 29.2. The van der Waals surface area contributed by atoms with Crippen molar-refractivity contribution in [2.45, 2.75) is 26.4 Å². The lowest BCUT2D eigenvalue weighted by Gasteiger charge is -2.16. The molecule has 0 aliphatic heterocycles. The van der Waals surface area contributed by atoms with E-state index in [-0.39, 0.29) is 46.4 Å². The van der Waals surface area contributed by atoms with Crippen molar-refractivity contribution in [3.8, 4) is 39.9 Å². The predicted molar refractivity (Wildman–Crippen MR) is 130 cm³/mol. The van der Waals surface area contributed by atoms with Gasteiger partial charge in [0.1, 0.15) is 22.9 Å². The number of alkyl halides is 6. The average Bonchev–Trinajstić information content (AvgIpc) is 3.28. The molecule has 0 saturated carbocycles. The fourth-order valence-corrected chi connectivity index (χ4v) is 3.79. The lowest BCUT2D eigenvalue weighted by molar-refractivity contribution is -0.274. The molecule has 0 amide bonds. The quantitative estimate of drug-likeness (QED) is 0.221. The van der Waals surface area contributed by atoms with Crippen molar-refractivity contribution in [1.29, 1.82) is 0 Å². The third-order valence-corrected chi connectivity index (χ3v) is 5.51. The molecule has 0 unspecified atom stereocenters. The van der Waals surface area contributed by atoms with Crippen LogP contribution in [0.5, 0.6) is 23.1 Å². The van der Waals surface area contributed by atoms with Gasteiger partial charge in [0.25, 0.3) is 0 Å². The van der Waals surface area contributed by atoms with Gasteiger partial charge in [0.05, 0.1) is 23.3 Å². The molecule has 7 nitrogen and oxygen atoms in total. The second-order valence-electron chi connectivity index (χ2n) is 8.37. The van der Waals surface area contributed by atoms with Crippen molar-refractivity contribution in [3.63, 3.8) is 0 Å². The first-order chi connectivity index (χ1) is 18.7. The Balaban J connectivity index is 1.85. The van der Waals surface area contributed by atoms with Gasteiger partial charge in [-0.25, -0.2) is 9.48 Å². The number of carboxylic acid groups (broad SMARTS) is 1. The smallest absolute Gasteiger partial charge is 0.491 e. The molecule has 210 valence electrons. The van der Waals surface area contributed by atoms with E-state index < -0.39 is 29.8 Å². The number of carboxylic acids is 1. The Morgan fingerprint density at radius 3 is 2.12 bits per heavy atom. The van der Waals surface area contributed by atoms with Crippen LogP contribution in [0, 0.1) is 6.92 Å². The van der Waals surface area contributed by atoms with Gasteiger partial charge >= 0.3 is 18.5 Å². The summed E-state index contributed by atoms with van der Waals surface area (Å²) < 4.78 is 95.2. The highest BCUT2D eigenvalue weighted by atomic mass is 19.4. The largest absolute Gasteiger partial charge is 0.573 e. The van der Waals surface area contributed by atoms with Crippen LogP contribution in [0.3, 0.4) is 0 Å². The molecule has 0 fully saturated rings. The van der Waals surface area contributed by atoms with Gasteiger partial charge in [0.15, 0.2) is 0 Å². The van der Waals surface area contributed by atoms with E-state index in [1.165, 1.54) is 49.5 Å². The van der Waals surface area contributed by atoms with E-state index in [0.29, 0.717) is 5.56 Å². The molecule has 40 heavy (non-hydrogen) atoms. The first-order valence-electron chi connectivity index (χ1n) is 11.6. The highest BCUT2D eigenvalue weighted by molar-refractivity contribution is 5.87. The van der Waals surface area contributed by atoms with Gasteiger partial charge in [-0.2, -0.15) is 13.2 Å². The number of ether oxygens (including phenoxy) is 3. The van der Waals surface area contributed by atoms with Crippen LogP contribution in [-0.2, 0) is 6.18 Å². The molecule has 1 heterocycles. The molecule has 1 aromatic heterocycles. The van der Waals surface area contributed by atoms with Crippen molar-refractivity contribution in [2.24, 2.45) is 0 Å². The Morgan fingerprint density at radius 1 is 0.950 bits per heavy atom. The predicted octanol–water partition coefficient (Wildman–Crippen LogP) is 7.65. The lowest BCUT2D eigenvalue weighted by atomic mass is 10.1. The summed E-state index contributed by atoms with van der Waals surface area (Å²) in [7, 11) is 0. The van der Waals surface area contributed by atoms with Crippen LogP contribution < -0.4 is 14.2 Å². The number of hydrogen-bond acceptors (Lipinski definition) is 5. The lowest BCUT2D eigenvalue weighted by Crippen LogP contribution is -2.16. The number of benzene rings is 3. The molecule has 1 N–H and O–H groups in total. The number of hydrogen-bond donors (Lipinski definition) is 1. The van der Waals surface area contributed by atoms with Crippen molar-refractivity contribution in [3.05, 3.63) is 83.6 Å². The molecule has 0 saturated heterocycles.